The summed E-state index contributed by atoms with van der Waals surface area (Å²) in [4.78, 5) is 126. The zero-order valence-corrected chi connectivity index (χ0v) is 77.3. The number of nitriles is 4. The predicted octanol–water partition coefficient (Wildman–Crippen LogP) is 26.5. The number of hydrogen-bond donors (Lipinski definition) is 0. The molecule has 0 bridgehead atoms. The molecule has 0 unspecified atom stereocenters. The molecule has 8 aromatic heterocycles. The number of aromatic nitrogens is 4. The third-order valence-electron chi connectivity index (χ3n) is 26.4. The van der Waals surface area contributed by atoms with Gasteiger partial charge >= 0.3 is 0 Å². The van der Waals surface area contributed by atoms with Crippen molar-refractivity contribution in [1.82, 2.24) is 18.3 Å². The number of nitrogens with zero attached hydrogens (tertiary/aromatic N) is 12. The SMILES string of the molecule is [C-]#[N+]c1cc2c(=O)n(-c3c(C(C)C)cccc3C(C)C)c(=O)c3cc(C#N)c4c5ccccc5oc1c4c23.[C-]#[N+]c1cc2c(=O)n(-c3c(C(C)C)cccc3C(C)C)c(=O)c3cc(C#N)c4c5ccccc5sc1c4c23.[C-]#[N+]c1cc2c(=O)n(-c3ccccc3)c(=O)c3cc(C#N)c4c5ccccc5oc1c4c23.[C-]#[N+]c1cc2c(=O)n(-c3ccccc3)c(=O)c3cc(C#N)c4c5ccccc5sc1c4c23. The molecule has 0 radical (unpaired) electrons. The summed E-state index contributed by atoms with van der Waals surface area (Å²) < 4.78 is 20.2. The third-order valence-corrected chi connectivity index (χ3v) is 28.8. The highest BCUT2D eigenvalue weighted by molar-refractivity contribution is 7.26. The van der Waals surface area contributed by atoms with Crippen molar-refractivity contribution in [3.8, 4) is 47.0 Å². The lowest BCUT2D eigenvalue weighted by molar-refractivity contribution is 0.663. The van der Waals surface area contributed by atoms with E-state index in [-0.39, 0.29) is 73.3 Å². The van der Waals surface area contributed by atoms with Crippen molar-refractivity contribution in [3.63, 3.8) is 0 Å². The molecule has 0 saturated heterocycles. The molecule has 8 heterocycles. The third kappa shape index (κ3) is 13.0. The van der Waals surface area contributed by atoms with Crippen molar-refractivity contribution in [2.45, 2.75) is 79.1 Å². The van der Waals surface area contributed by atoms with Crippen molar-refractivity contribution in [2.24, 2.45) is 0 Å². The van der Waals surface area contributed by atoms with Crippen molar-refractivity contribution in [3.05, 3.63) is 416 Å². The molecule has 24 aromatic rings. The molecule has 0 aliphatic carbocycles. The Morgan fingerprint density at radius 3 is 0.807 bits per heavy atom. The minimum absolute atomic E-state index is 0.0550. The van der Waals surface area contributed by atoms with Crippen LogP contribution in [0.3, 0.4) is 0 Å². The Bertz CT molecular complexity index is 9790. The van der Waals surface area contributed by atoms with Crippen LogP contribution in [-0.2, 0) is 0 Å². The normalized spacial score (nSPS) is 11.6. The van der Waals surface area contributed by atoms with Gasteiger partial charge in [0.15, 0.2) is 0 Å². The maximum absolute atomic E-state index is 14.3. The Morgan fingerprint density at radius 2 is 0.514 bits per heavy atom. The Hall–Kier alpha value is -18.9. The first kappa shape index (κ1) is 87.7. The molecule has 0 spiro atoms. The minimum atomic E-state index is -0.517. The number of para-hydroxylation sites is 6. The van der Waals surface area contributed by atoms with Gasteiger partial charge in [-0.05, 0) is 154 Å². The molecule has 22 nitrogen and oxygen atoms in total. The minimum Gasteiger partial charge on any atom is -0.467 e. The second-order valence-corrected chi connectivity index (χ2v) is 37.5. The summed E-state index contributed by atoms with van der Waals surface area (Å²) >= 11 is 2.89. The van der Waals surface area contributed by atoms with Crippen LogP contribution < -0.4 is 44.5 Å². The second kappa shape index (κ2) is 33.6. The molecule has 0 aliphatic rings. The van der Waals surface area contributed by atoms with E-state index < -0.39 is 44.5 Å². The lowest BCUT2D eigenvalue weighted by Gasteiger charge is -2.22. The Labute approximate surface area is 800 Å². The Morgan fingerprint density at radius 1 is 0.264 bits per heavy atom. The van der Waals surface area contributed by atoms with E-state index in [2.05, 4.69) is 43.7 Å². The molecule has 0 N–H and O–H groups in total. The first-order valence-corrected chi connectivity index (χ1v) is 46.3. The Balaban J connectivity index is 0.000000111. The van der Waals surface area contributed by atoms with E-state index in [1.54, 1.807) is 109 Å². The van der Waals surface area contributed by atoms with Crippen LogP contribution in [0.15, 0.2) is 290 Å². The van der Waals surface area contributed by atoms with Gasteiger partial charge in [0.2, 0.25) is 22.7 Å². The van der Waals surface area contributed by atoms with E-state index in [1.807, 2.05) is 171 Å². The van der Waals surface area contributed by atoms with E-state index in [1.165, 1.54) is 50.0 Å². The number of rotatable bonds is 8. The van der Waals surface area contributed by atoms with Crippen molar-refractivity contribution < 1.29 is 8.83 Å². The number of benzene rings is 16. The summed E-state index contributed by atoms with van der Waals surface area (Å²) in [6.45, 7) is 47.5. The maximum Gasteiger partial charge on any atom is 0.266 e. The number of pyridine rings is 4. The fourth-order valence-electron chi connectivity index (χ4n) is 20.3. The van der Waals surface area contributed by atoms with Crippen molar-refractivity contribution in [1.29, 1.82) is 21.0 Å². The van der Waals surface area contributed by atoms with Gasteiger partial charge in [0.1, 0.15) is 22.3 Å². The molecular formula is C116H68N12O10S2. The second-order valence-electron chi connectivity index (χ2n) is 35.4. The largest absolute Gasteiger partial charge is 0.467 e. The molecule has 24 heteroatoms. The van der Waals surface area contributed by atoms with Crippen LogP contribution in [0.1, 0.15) is 124 Å². The van der Waals surface area contributed by atoms with Crippen LogP contribution >= 0.6 is 22.7 Å². The van der Waals surface area contributed by atoms with Crippen LogP contribution in [0.4, 0.5) is 22.7 Å². The average Bonchev–Trinajstić information content (AvgIpc) is 0.725. The van der Waals surface area contributed by atoms with Gasteiger partial charge in [-0.1, -0.05) is 201 Å². The molecule has 0 aliphatic heterocycles. The molecule has 0 amide bonds. The van der Waals surface area contributed by atoms with Gasteiger partial charge in [0, 0.05) is 116 Å². The molecule has 0 saturated carbocycles. The molecule has 664 valence electrons. The summed E-state index contributed by atoms with van der Waals surface area (Å²) in [7, 11) is 0. The van der Waals surface area contributed by atoms with E-state index >= 15 is 0 Å². The van der Waals surface area contributed by atoms with Gasteiger partial charge in [-0.2, -0.15) is 21.0 Å². The number of hydrogen-bond acceptors (Lipinski definition) is 16. The summed E-state index contributed by atoms with van der Waals surface area (Å²) in [5.41, 5.74) is 5.68. The topological polar surface area (TPSA) is 295 Å². The maximum atomic E-state index is 14.3. The highest BCUT2D eigenvalue weighted by Gasteiger charge is 2.33. The lowest BCUT2D eigenvalue weighted by atomic mass is 9.90. The van der Waals surface area contributed by atoms with Crippen molar-refractivity contribution in [2.75, 3.05) is 0 Å². The molecule has 24 rings (SSSR count). The van der Waals surface area contributed by atoms with Crippen LogP contribution in [0.2, 0.25) is 0 Å². The zero-order valence-electron chi connectivity index (χ0n) is 75.7. The fourth-order valence-corrected chi connectivity index (χ4v) is 22.6. The first-order chi connectivity index (χ1) is 67.8. The van der Waals surface area contributed by atoms with Gasteiger partial charge in [-0.25, -0.2) is 37.6 Å². The summed E-state index contributed by atoms with van der Waals surface area (Å²) in [6.07, 6.45) is 0. The van der Waals surface area contributed by atoms with Crippen LogP contribution in [0, 0.1) is 71.6 Å². The first-order valence-electron chi connectivity index (χ1n) is 44.6. The number of fused-ring (bicyclic) bond motifs is 8. The standard InChI is InChI=1S/C32H23N3O3.C32H23N3O2S.C26H11N3O3.C26H11N3O2S/c2*1-16(2)19-10-8-11-20(17(3)4)29(19)35-31(36)22-13-18(15-33)26-21-9-6-7-12-25(21)38-30-24(34-5)14-23(32(35)37)27(22)28(26)30;2*1-28-19-12-18-22-17(25(30)29(26(18)31)15-7-3-2-4-8-15)11-14(13-27)21-16-9-5-6-10-20(16)32-24(19)23(21)22/h2*6-14,16-17H,1-4H3;2*2-12H. The highest BCUT2D eigenvalue weighted by Crippen LogP contribution is 2.51. The Kier molecular flexibility index (Phi) is 21.1. The predicted molar refractivity (Wildman–Crippen MR) is 559 cm³/mol. The molecular weight excluding hydrogens is 1790 g/mol. The monoisotopic (exact) mass is 1850 g/mol. The quantitative estimate of drug-likeness (QED) is 0.0776. The van der Waals surface area contributed by atoms with Crippen LogP contribution in [0.25, 0.3) is 213 Å². The molecule has 140 heavy (non-hydrogen) atoms. The van der Waals surface area contributed by atoms with E-state index in [0.29, 0.717) is 168 Å². The van der Waals surface area contributed by atoms with Crippen LogP contribution in [-0.4, -0.2) is 18.3 Å². The van der Waals surface area contributed by atoms with Gasteiger partial charge in [0.05, 0.1) is 117 Å². The molecule has 16 aromatic carbocycles. The lowest BCUT2D eigenvalue weighted by Crippen LogP contribution is -2.34. The van der Waals surface area contributed by atoms with Gasteiger partial charge < -0.3 is 8.83 Å². The van der Waals surface area contributed by atoms with E-state index in [0.717, 1.165) is 51.6 Å². The highest BCUT2D eigenvalue weighted by atomic mass is 32.1. The van der Waals surface area contributed by atoms with E-state index in [9.17, 15) is 59.4 Å². The van der Waals surface area contributed by atoms with E-state index in [4.69, 9.17) is 35.1 Å². The summed E-state index contributed by atoms with van der Waals surface area (Å²) in [5, 5.41) is 52.3. The van der Waals surface area contributed by atoms with Gasteiger partial charge in [0.25, 0.3) is 44.5 Å². The summed E-state index contributed by atoms with van der Waals surface area (Å²) in [6, 6.07) is 80.5. The van der Waals surface area contributed by atoms with Gasteiger partial charge in [-0.15, -0.1) is 22.7 Å². The average molecular weight is 1850 g/mol. The molecule has 0 fully saturated rings. The smallest absolute Gasteiger partial charge is 0.266 e. The molecule has 0 atom stereocenters. The summed E-state index contributed by atoms with van der Waals surface area (Å²) in [5.74, 6) is 0.253. The zero-order chi connectivity index (χ0) is 97.7. The van der Waals surface area contributed by atoms with Crippen LogP contribution in [0.5, 0.6) is 0 Å². The van der Waals surface area contributed by atoms with Crippen molar-refractivity contribution >= 4 is 216 Å². The van der Waals surface area contributed by atoms with Gasteiger partial charge in [-0.3, -0.25) is 38.4 Å². The fraction of sp³-hybridized carbons (Fsp3) is 0.103.